The minimum atomic E-state index is -0.549. The quantitative estimate of drug-likeness (QED) is 0.378. The lowest BCUT2D eigenvalue weighted by atomic mass is 9.69. The number of pyridine rings is 1. The van der Waals surface area contributed by atoms with E-state index in [-0.39, 0.29) is 5.41 Å². The number of aryl methyl sites for hydroxylation is 1. The van der Waals surface area contributed by atoms with Crippen LogP contribution in [0.1, 0.15) is 78.2 Å². The van der Waals surface area contributed by atoms with Crippen molar-refractivity contribution in [3.63, 3.8) is 0 Å². The van der Waals surface area contributed by atoms with E-state index < -0.39 is 18.5 Å². The predicted octanol–water partition coefficient (Wildman–Crippen LogP) is 6.38. The first-order valence-electron chi connectivity index (χ1n) is 12.6. The number of carbonyl (C=O) groups is 2. The van der Waals surface area contributed by atoms with Crippen molar-refractivity contribution in [2.45, 2.75) is 66.7 Å². The number of anilines is 1. The molecular weight excluding hydrogens is 470 g/mol. The number of aromatic nitrogens is 1. The largest absolute Gasteiger partial charge is 0.452 e. The van der Waals surface area contributed by atoms with Gasteiger partial charge in [0.25, 0.3) is 5.91 Å². The zero-order valence-electron chi connectivity index (χ0n) is 21.7. The van der Waals surface area contributed by atoms with E-state index >= 15 is 0 Å². The molecule has 0 aliphatic heterocycles. The number of thiophene rings is 1. The second-order valence-corrected chi connectivity index (χ2v) is 11.3. The van der Waals surface area contributed by atoms with Crippen molar-refractivity contribution in [2.24, 2.45) is 11.3 Å². The molecule has 1 aromatic carbocycles. The summed E-state index contributed by atoms with van der Waals surface area (Å²) in [6.45, 7) is 10.3. The molecule has 7 heteroatoms. The molecule has 4 rings (SSSR count). The number of benzene rings is 1. The molecule has 1 aliphatic carbocycles. The summed E-state index contributed by atoms with van der Waals surface area (Å²) in [5, 5.41) is 13.9. The molecule has 3 aromatic rings. The van der Waals surface area contributed by atoms with Crippen LogP contribution in [0.25, 0.3) is 10.9 Å². The van der Waals surface area contributed by atoms with Gasteiger partial charge in [0.05, 0.1) is 16.6 Å². The molecule has 0 spiro atoms. The summed E-state index contributed by atoms with van der Waals surface area (Å²) in [5.41, 5.74) is 4.61. The fraction of sp³-hybridized carbons (Fsp3) is 0.448. The standard InChI is InChI=1S/C29H33N3O3S/c1-6-22-17(3)26(20-10-8-9-11-23(20)31-22)28(34)35-16-25(33)32-27-21(15-30)19-13-12-18(14-24(19)36-27)29(4,5)7-2/h8-11,18H,6-7,12-14,16H2,1-5H3,(H,32,33). The van der Waals surface area contributed by atoms with E-state index in [0.29, 0.717) is 33.9 Å². The zero-order valence-corrected chi connectivity index (χ0v) is 22.5. The Hall–Kier alpha value is -3.24. The Morgan fingerprint density at radius 1 is 1.28 bits per heavy atom. The van der Waals surface area contributed by atoms with Crippen molar-refractivity contribution < 1.29 is 14.3 Å². The third-order valence-electron chi connectivity index (χ3n) is 7.76. The van der Waals surface area contributed by atoms with E-state index in [1.807, 2.05) is 38.1 Å². The van der Waals surface area contributed by atoms with E-state index in [1.165, 1.54) is 16.2 Å². The van der Waals surface area contributed by atoms with E-state index in [4.69, 9.17) is 4.74 Å². The molecule has 1 atom stereocenters. The van der Waals surface area contributed by atoms with Gasteiger partial charge in [0, 0.05) is 16.0 Å². The second kappa shape index (κ2) is 10.4. The number of hydrogen-bond donors (Lipinski definition) is 1. The SMILES string of the molecule is CCc1nc2ccccc2c(C(=O)OCC(=O)Nc2sc3c(c2C#N)CCC(C(C)(C)CC)C3)c1C. The first-order chi connectivity index (χ1) is 17.2. The van der Waals surface area contributed by atoms with Gasteiger partial charge in [-0.15, -0.1) is 11.3 Å². The van der Waals surface area contributed by atoms with Gasteiger partial charge in [-0.2, -0.15) is 5.26 Å². The Bertz CT molecular complexity index is 1370. The Kier molecular flexibility index (Phi) is 7.46. The Morgan fingerprint density at radius 2 is 2.03 bits per heavy atom. The van der Waals surface area contributed by atoms with Crippen LogP contribution in [0.5, 0.6) is 0 Å². The van der Waals surface area contributed by atoms with Crippen molar-refractivity contribution >= 4 is 39.1 Å². The lowest BCUT2D eigenvalue weighted by Crippen LogP contribution is -2.28. The van der Waals surface area contributed by atoms with Gasteiger partial charge in [0.1, 0.15) is 11.1 Å². The van der Waals surface area contributed by atoms with Gasteiger partial charge >= 0.3 is 5.97 Å². The van der Waals surface area contributed by atoms with Crippen molar-refractivity contribution in [3.8, 4) is 6.07 Å². The molecule has 36 heavy (non-hydrogen) atoms. The molecule has 0 radical (unpaired) electrons. The van der Waals surface area contributed by atoms with Gasteiger partial charge < -0.3 is 10.1 Å². The Morgan fingerprint density at radius 3 is 2.72 bits per heavy atom. The molecule has 188 valence electrons. The molecule has 1 unspecified atom stereocenters. The van der Waals surface area contributed by atoms with Gasteiger partial charge in [-0.25, -0.2) is 4.79 Å². The van der Waals surface area contributed by atoms with Gasteiger partial charge in [0.2, 0.25) is 0 Å². The molecule has 0 saturated heterocycles. The van der Waals surface area contributed by atoms with Gasteiger partial charge in [-0.3, -0.25) is 9.78 Å². The number of carbonyl (C=O) groups excluding carboxylic acids is 2. The summed E-state index contributed by atoms with van der Waals surface area (Å²) >= 11 is 1.48. The number of fused-ring (bicyclic) bond motifs is 2. The first-order valence-corrected chi connectivity index (χ1v) is 13.4. The summed E-state index contributed by atoms with van der Waals surface area (Å²) < 4.78 is 5.45. The molecule has 2 heterocycles. The smallest absolute Gasteiger partial charge is 0.339 e. The van der Waals surface area contributed by atoms with Crippen LogP contribution in [0.3, 0.4) is 0 Å². The summed E-state index contributed by atoms with van der Waals surface area (Å²) in [7, 11) is 0. The minimum Gasteiger partial charge on any atom is -0.452 e. The topological polar surface area (TPSA) is 92.1 Å². The maximum atomic E-state index is 13.1. The average molecular weight is 504 g/mol. The minimum absolute atomic E-state index is 0.235. The summed E-state index contributed by atoms with van der Waals surface area (Å²) in [4.78, 5) is 31.7. The van der Waals surface area contributed by atoms with E-state index in [1.54, 1.807) is 0 Å². The Balaban J connectivity index is 1.49. The molecule has 0 bridgehead atoms. The van der Waals surface area contributed by atoms with Crippen LogP contribution in [0.2, 0.25) is 0 Å². The number of nitrogens with zero attached hydrogens (tertiary/aromatic N) is 2. The third kappa shape index (κ3) is 4.87. The number of rotatable bonds is 7. The van der Waals surface area contributed by atoms with E-state index in [9.17, 15) is 14.9 Å². The molecule has 1 N–H and O–H groups in total. The normalized spacial score (nSPS) is 15.3. The predicted molar refractivity (Wildman–Crippen MR) is 143 cm³/mol. The van der Waals surface area contributed by atoms with Crippen LogP contribution in [0.4, 0.5) is 5.00 Å². The van der Waals surface area contributed by atoms with Crippen molar-refractivity contribution in [1.29, 1.82) is 5.26 Å². The summed E-state index contributed by atoms with van der Waals surface area (Å²) in [5.74, 6) is -0.446. The van der Waals surface area contributed by atoms with Crippen LogP contribution in [0, 0.1) is 29.6 Å². The zero-order chi connectivity index (χ0) is 26.0. The molecular formula is C29H33N3O3S. The average Bonchev–Trinajstić information content (AvgIpc) is 3.22. The van der Waals surface area contributed by atoms with Crippen molar-refractivity contribution in [3.05, 3.63) is 57.1 Å². The molecule has 1 amide bonds. The Labute approximate surface area is 216 Å². The molecule has 0 saturated carbocycles. The number of amides is 1. The highest BCUT2D eigenvalue weighted by Crippen LogP contribution is 2.45. The first kappa shape index (κ1) is 25.8. The molecule has 0 fully saturated rings. The number of ether oxygens (including phenoxy) is 1. The number of esters is 1. The number of nitrogens with one attached hydrogen (secondary N) is 1. The lowest BCUT2D eigenvalue weighted by Gasteiger charge is -2.36. The van der Waals surface area contributed by atoms with Crippen LogP contribution < -0.4 is 5.32 Å². The van der Waals surface area contributed by atoms with E-state index in [0.717, 1.165) is 48.0 Å². The number of hydrogen-bond acceptors (Lipinski definition) is 6. The second-order valence-electron chi connectivity index (χ2n) is 10.2. The van der Waals surface area contributed by atoms with Crippen LogP contribution >= 0.6 is 11.3 Å². The maximum Gasteiger partial charge on any atom is 0.339 e. The maximum absolute atomic E-state index is 13.1. The number of nitriles is 1. The van der Waals surface area contributed by atoms with Gasteiger partial charge in [0.15, 0.2) is 6.61 Å². The fourth-order valence-corrected chi connectivity index (χ4v) is 6.37. The lowest BCUT2D eigenvalue weighted by molar-refractivity contribution is -0.119. The van der Waals surface area contributed by atoms with Crippen LogP contribution in [0.15, 0.2) is 24.3 Å². The van der Waals surface area contributed by atoms with Crippen molar-refractivity contribution in [1.82, 2.24) is 4.98 Å². The fourth-order valence-electron chi connectivity index (χ4n) is 5.08. The highest BCUT2D eigenvalue weighted by Gasteiger charge is 2.34. The van der Waals surface area contributed by atoms with Gasteiger partial charge in [-0.05, 0) is 61.1 Å². The van der Waals surface area contributed by atoms with Crippen molar-refractivity contribution in [2.75, 3.05) is 11.9 Å². The molecule has 2 aromatic heterocycles. The monoisotopic (exact) mass is 503 g/mol. The van der Waals surface area contributed by atoms with Crippen LogP contribution in [-0.2, 0) is 28.8 Å². The van der Waals surface area contributed by atoms with E-state index in [2.05, 4.69) is 37.1 Å². The highest BCUT2D eigenvalue weighted by molar-refractivity contribution is 7.16. The third-order valence-corrected chi connectivity index (χ3v) is 8.93. The molecule has 1 aliphatic rings. The summed E-state index contributed by atoms with van der Waals surface area (Å²) in [6.07, 6.45) is 4.61. The van der Waals surface area contributed by atoms with Gasteiger partial charge in [-0.1, -0.05) is 52.3 Å². The molecule has 6 nitrogen and oxygen atoms in total. The van der Waals surface area contributed by atoms with Crippen LogP contribution in [-0.4, -0.2) is 23.5 Å². The number of para-hydroxylation sites is 1. The highest BCUT2D eigenvalue weighted by atomic mass is 32.1. The summed E-state index contributed by atoms with van der Waals surface area (Å²) in [6, 6.07) is 9.73.